The Balaban J connectivity index is 2.57. The van der Waals surface area contributed by atoms with Crippen LogP contribution in [0.4, 0.5) is 4.79 Å². The molecule has 0 radical (unpaired) electrons. The van der Waals surface area contributed by atoms with Crippen molar-refractivity contribution in [3.63, 3.8) is 0 Å². The third kappa shape index (κ3) is 5.00. The number of hydrogen-bond acceptors (Lipinski definition) is 3. The van der Waals surface area contributed by atoms with Gasteiger partial charge in [0.15, 0.2) is 0 Å². The summed E-state index contributed by atoms with van der Waals surface area (Å²) in [6, 6.07) is -0.00817. The first-order valence-electron chi connectivity index (χ1n) is 7.43. The average molecular weight is 340 g/mol. The molecule has 0 aromatic rings. The second kappa shape index (κ2) is 8.19. The highest BCUT2D eigenvalue weighted by atomic mass is 35.5. The minimum absolute atomic E-state index is 0.00817. The third-order valence-electron chi connectivity index (χ3n) is 3.70. The summed E-state index contributed by atoms with van der Waals surface area (Å²) in [6.45, 7) is 8.67. The predicted octanol–water partition coefficient (Wildman–Crippen LogP) is 1.27. The van der Waals surface area contributed by atoms with Crippen molar-refractivity contribution in [1.29, 1.82) is 0 Å². The van der Waals surface area contributed by atoms with Gasteiger partial charge in [-0.1, -0.05) is 6.92 Å². The minimum Gasteiger partial charge on any atom is -0.325 e. The summed E-state index contributed by atoms with van der Waals surface area (Å²) in [5.41, 5.74) is 0. The lowest BCUT2D eigenvalue weighted by molar-refractivity contribution is 0.138. The number of carbonyl (C=O) groups excluding carboxylic acids is 1. The fourth-order valence-corrected chi connectivity index (χ4v) is 4.37. The molecule has 0 aromatic heterocycles. The minimum atomic E-state index is -3.28. The first kappa shape index (κ1) is 18.5. The smallest absolute Gasteiger partial charge is 0.320 e. The Bertz CT molecular complexity index is 432. The van der Waals surface area contributed by atoms with Crippen LogP contribution in [0.25, 0.3) is 0 Å². The van der Waals surface area contributed by atoms with Gasteiger partial charge in [0.1, 0.15) is 0 Å². The van der Waals surface area contributed by atoms with Gasteiger partial charge in [-0.05, 0) is 19.8 Å². The van der Waals surface area contributed by atoms with E-state index in [9.17, 15) is 13.2 Å². The van der Waals surface area contributed by atoms with Gasteiger partial charge in [0.2, 0.25) is 10.0 Å². The summed E-state index contributed by atoms with van der Waals surface area (Å²) < 4.78 is 25.9. The molecule has 1 atom stereocenters. The molecule has 0 N–H and O–H groups in total. The van der Waals surface area contributed by atoms with E-state index in [1.54, 1.807) is 9.80 Å². The summed E-state index contributed by atoms with van der Waals surface area (Å²) in [4.78, 5) is 15.7. The summed E-state index contributed by atoms with van der Waals surface area (Å²) >= 11 is 5.69. The topological polar surface area (TPSA) is 60.9 Å². The van der Waals surface area contributed by atoms with E-state index >= 15 is 0 Å². The summed E-state index contributed by atoms with van der Waals surface area (Å²) in [5, 5.41) is 0. The lowest BCUT2D eigenvalue weighted by Gasteiger charge is -2.36. The molecule has 1 saturated heterocycles. The largest absolute Gasteiger partial charge is 0.325 e. The number of halogens is 1. The van der Waals surface area contributed by atoms with Gasteiger partial charge in [0, 0.05) is 45.1 Å². The highest BCUT2D eigenvalue weighted by Gasteiger charge is 2.30. The average Bonchev–Trinajstić information content (AvgIpc) is 2.48. The molecule has 124 valence electrons. The molecule has 1 aliphatic rings. The van der Waals surface area contributed by atoms with E-state index in [1.807, 2.05) is 20.8 Å². The van der Waals surface area contributed by atoms with Gasteiger partial charge in [-0.15, -0.1) is 11.6 Å². The molecule has 1 heterocycles. The van der Waals surface area contributed by atoms with Crippen molar-refractivity contribution in [3.8, 4) is 0 Å². The van der Waals surface area contributed by atoms with Gasteiger partial charge in [-0.25, -0.2) is 13.2 Å². The van der Waals surface area contributed by atoms with Crippen molar-refractivity contribution in [3.05, 3.63) is 0 Å². The molecule has 1 aliphatic heterocycles. The molecule has 0 bridgehead atoms. The molecule has 1 rings (SSSR count). The maximum absolute atomic E-state index is 12.2. The quantitative estimate of drug-likeness (QED) is 0.685. The van der Waals surface area contributed by atoms with Crippen molar-refractivity contribution < 1.29 is 13.2 Å². The Labute approximate surface area is 133 Å². The van der Waals surface area contributed by atoms with Crippen LogP contribution in [0.15, 0.2) is 0 Å². The number of rotatable bonds is 6. The molecule has 21 heavy (non-hydrogen) atoms. The fraction of sp³-hybridized carbons (Fsp3) is 0.923. The molecule has 0 aromatic carbocycles. The standard InChI is InChI=1S/C13H26ClN3O3S/c1-4-15(5-2)13(18)16-6-8-17(9-7-16)21(19,20)11-12(3)10-14/h12H,4-11H2,1-3H3. The molecule has 2 amide bonds. The number of amides is 2. The molecule has 0 aliphatic carbocycles. The van der Waals surface area contributed by atoms with Crippen LogP contribution in [0.1, 0.15) is 20.8 Å². The van der Waals surface area contributed by atoms with Crippen LogP contribution >= 0.6 is 11.6 Å². The molecule has 6 nitrogen and oxygen atoms in total. The molecule has 1 fully saturated rings. The Morgan fingerprint density at radius 1 is 1.19 bits per heavy atom. The van der Waals surface area contributed by atoms with E-state index in [4.69, 9.17) is 11.6 Å². The normalized spacial score (nSPS) is 18.6. The maximum Gasteiger partial charge on any atom is 0.320 e. The Morgan fingerprint density at radius 3 is 2.14 bits per heavy atom. The molecular weight excluding hydrogens is 314 g/mol. The van der Waals surface area contributed by atoms with Gasteiger partial charge in [0.25, 0.3) is 0 Å². The number of hydrogen-bond donors (Lipinski definition) is 0. The molecule has 1 unspecified atom stereocenters. The number of alkyl halides is 1. The van der Waals surface area contributed by atoms with Crippen LogP contribution in [-0.4, -0.2) is 79.5 Å². The Hall–Kier alpha value is -0.530. The van der Waals surface area contributed by atoms with Crippen molar-refractivity contribution in [2.45, 2.75) is 20.8 Å². The van der Waals surface area contributed by atoms with Gasteiger partial charge in [-0.2, -0.15) is 4.31 Å². The van der Waals surface area contributed by atoms with E-state index in [1.165, 1.54) is 4.31 Å². The summed E-state index contributed by atoms with van der Waals surface area (Å²) in [5.74, 6) is 0.340. The van der Waals surface area contributed by atoms with Crippen molar-refractivity contribution in [2.75, 3.05) is 50.9 Å². The van der Waals surface area contributed by atoms with E-state index < -0.39 is 10.0 Å². The van der Waals surface area contributed by atoms with Crippen molar-refractivity contribution in [2.24, 2.45) is 5.92 Å². The second-order valence-corrected chi connectivity index (χ2v) is 7.70. The van der Waals surface area contributed by atoms with Crippen molar-refractivity contribution >= 4 is 27.7 Å². The van der Waals surface area contributed by atoms with E-state index in [0.717, 1.165) is 0 Å². The van der Waals surface area contributed by atoms with Crippen LogP contribution in [0.3, 0.4) is 0 Å². The zero-order valence-corrected chi connectivity index (χ0v) is 14.7. The van der Waals surface area contributed by atoms with Gasteiger partial charge in [0.05, 0.1) is 5.75 Å². The number of urea groups is 1. The van der Waals surface area contributed by atoms with E-state index in [2.05, 4.69) is 0 Å². The van der Waals surface area contributed by atoms with E-state index in [0.29, 0.717) is 45.1 Å². The highest BCUT2D eigenvalue weighted by molar-refractivity contribution is 7.89. The van der Waals surface area contributed by atoms with Gasteiger partial charge < -0.3 is 9.80 Å². The first-order valence-corrected chi connectivity index (χ1v) is 9.57. The lowest BCUT2D eigenvalue weighted by Crippen LogP contribution is -2.54. The van der Waals surface area contributed by atoms with Crippen LogP contribution in [0.2, 0.25) is 0 Å². The van der Waals surface area contributed by atoms with Gasteiger partial charge >= 0.3 is 6.03 Å². The fourth-order valence-electron chi connectivity index (χ4n) is 2.36. The summed E-state index contributed by atoms with van der Waals surface area (Å²) in [7, 11) is -3.28. The molecule has 8 heteroatoms. The monoisotopic (exact) mass is 339 g/mol. The van der Waals surface area contributed by atoms with Gasteiger partial charge in [-0.3, -0.25) is 0 Å². The zero-order valence-electron chi connectivity index (χ0n) is 13.1. The third-order valence-corrected chi connectivity index (χ3v) is 6.36. The molecule has 0 saturated carbocycles. The van der Waals surface area contributed by atoms with E-state index in [-0.39, 0.29) is 17.7 Å². The lowest BCUT2D eigenvalue weighted by atomic mass is 10.3. The second-order valence-electron chi connectivity index (χ2n) is 5.38. The van der Waals surface area contributed by atoms with Crippen LogP contribution in [0.5, 0.6) is 0 Å². The predicted molar refractivity (Wildman–Crippen MR) is 85.1 cm³/mol. The number of carbonyl (C=O) groups is 1. The molecular formula is C13H26ClN3O3S. The number of nitrogens with zero attached hydrogens (tertiary/aromatic N) is 3. The first-order chi connectivity index (χ1) is 9.85. The summed E-state index contributed by atoms with van der Waals surface area (Å²) in [6.07, 6.45) is 0. The Morgan fingerprint density at radius 2 is 1.71 bits per heavy atom. The Kier molecular flexibility index (Phi) is 7.23. The number of piperazine rings is 1. The molecule has 0 spiro atoms. The van der Waals surface area contributed by atoms with Crippen LogP contribution < -0.4 is 0 Å². The highest BCUT2D eigenvalue weighted by Crippen LogP contribution is 2.13. The maximum atomic E-state index is 12.2. The van der Waals surface area contributed by atoms with Crippen molar-refractivity contribution in [1.82, 2.24) is 14.1 Å². The van der Waals surface area contributed by atoms with Crippen LogP contribution in [-0.2, 0) is 10.0 Å². The zero-order chi connectivity index (χ0) is 16.0. The SMILES string of the molecule is CCN(CC)C(=O)N1CCN(S(=O)(=O)CC(C)CCl)CC1. The van der Waals surface area contributed by atoms with Crippen LogP contribution in [0, 0.1) is 5.92 Å². The number of sulfonamides is 1.